The maximum absolute atomic E-state index is 13.1. The Morgan fingerprint density at radius 2 is 1.88 bits per heavy atom. The van der Waals surface area contributed by atoms with Crippen molar-refractivity contribution in [2.45, 2.75) is 25.6 Å². The average Bonchev–Trinajstić information content (AvgIpc) is 3.38. The van der Waals surface area contributed by atoms with Gasteiger partial charge in [-0.2, -0.15) is 17.7 Å². The lowest BCUT2D eigenvalue weighted by atomic mass is 9.96. The fourth-order valence-electron chi connectivity index (χ4n) is 4.16. The number of benzene rings is 1. The molecule has 1 aromatic carbocycles. The van der Waals surface area contributed by atoms with Crippen molar-refractivity contribution < 1.29 is 18.0 Å². The number of para-hydroxylation sites is 2. The topological polar surface area (TPSA) is 93.2 Å². The number of hydrogen-bond acceptors (Lipinski definition) is 6. The van der Waals surface area contributed by atoms with Gasteiger partial charge in [-0.1, -0.05) is 12.1 Å². The van der Waals surface area contributed by atoms with E-state index in [4.69, 9.17) is 0 Å². The number of aromatic nitrogens is 6. The van der Waals surface area contributed by atoms with E-state index in [9.17, 15) is 18.0 Å². The first kappa shape index (κ1) is 21.2. The number of amides is 1. The zero-order valence-corrected chi connectivity index (χ0v) is 17.7. The summed E-state index contributed by atoms with van der Waals surface area (Å²) in [6.45, 7) is 1.34. The third kappa shape index (κ3) is 3.96. The van der Waals surface area contributed by atoms with E-state index < -0.39 is 12.0 Å². The minimum absolute atomic E-state index is 0.0299. The van der Waals surface area contributed by atoms with Gasteiger partial charge < -0.3 is 14.8 Å². The van der Waals surface area contributed by atoms with Crippen LogP contribution in [0.25, 0.3) is 16.7 Å². The Labute approximate surface area is 186 Å². The second-order valence-corrected chi connectivity index (χ2v) is 8.04. The van der Waals surface area contributed by atoms with Gasteiger partial charge in [-0.3, -0.25) is 4.79 Å². The number of piperidine rings is 1. The van der Waals surface area contributed by atoms with E-state index in [1.54, 1.807) is 6.07 Å². The van der Waals surface area contributed by atoms with Crippen molar-refractivity contribution in [1.29, 1.82) is 0 Å². The van der Waals surface area contributed by atoms with E-state index in [1.807, 2.05) is 40.8 Å². The highest BCUT2D eigenvalue weighted by Gasteiger charge is 2.38. The molecule has 9 nitrogen and oxygen atoms in total. The molecule has 4 heterocycles. The first-order valence-electron chi connectivity index (χ1n) is 10.5. The number of halogens is 3. The molecule has 0 saturated carbocycles. The molecule has 5 rings (SSSR count). The maximum atomic E-state index is 13.1. The molecule has 0 radical (unpaired) electrons. The SMILES string of the molecule is Cn1c(CNC(=O)C2CCN(c3ccc4nnc(C(F)(F)F)n4n3)CC2)nc2ccccc21. The highest BCUT2D eigenvalue weighted by atomic mass is 19.4. The van der Waals surface area contributed by atoms with Gasteiger partial charge in [-0.15, -0.1) is 15.3 Å². The largest absolute Gasteiger partial charge is 0.453 e. The second kappa shape index (κ2) is 8.01. The molecule has 33 heavy (non-hydrogen) atoms. The van der Waals surface area contributed by atoms with Gasteiger partial charge in [0, 0.05) is 26.1 Å². The summed E-state index contributed by atoms with van der Waals surface area (Å²) in [5.41, 5.74) is 1.91. The Morgan fingerprint density at radius 1 is 1.12 bits per heavy atom. The molecule has 0 spiro atoms. The van der Waals surface area contributed by atoms with E-state index in [0.717, 1.165) is 16.9 Å². The van der Waals surface area contributed by atoms with Crippen LogP contribution in [0.1, 0.15) is 24.5 Å². The van der Waals surface area contributed by atoms with Crippen molar-refractivity contribution in [2.24, 2.45) is 13.0 Å². The van der Waals surface area contributed by atoms with Crippen LogP contribution in [0.15, 0.2) is 36.4 Å². The Bertz CT molecular complexity index is 1320. The lowest BCUT2D eigenvalue weighted by Gasteiger charge is -2.32. The van der Waals surface area contributed by atoms with Crippen LogP contribution < -0.4 is 10.2 Å². The lowest BCUT2D eigenvalue weighted by molar-refractivity contribution is -0.146. The molecular weight excluding hydrogens is 437 g/mol. The van der Waals surface area contributed by atoms with Crippen LogP contribution in [0.3, 0.4) is 0 Å². The van der Waals surface area contributed by atoms with Crippen molar-refractivity contribution in [3.63, 3.8) is 0 Å². The molecule has 1 amide bonds. The maximum Gasteiger partial charge on any atom is 0.453 e. The fourth-order valence-corrected chi connectivity index (χ4v) is 4.16. The van der Waals surface area contributed by atoms with Crippen LogP contribution in [0, 0.1) is 5.92 Å². The van der Waals surface area contributed by atoms with Gasteiger partial charge in [0.15, 0.2) is 5.65 Å². The smallest absolute Gasteiger partial charge is 0.355 e. The number of nitrogens with zero attached hydrogens (tertiary/aromatic N) is 7. The van der Waals surface area contributed by atoms with E-state index in [1.165, 1.54) is 6.07 Å². The molecule has 172 valence electrons. The molecule has 1 aliphatic rings. The van der Waals surface area contributed by atoms with Crippen LogP contribution in [0.5, 0.6) is 0 Å². The van der Waals surface area contributed by atoms with Gasteiger partial charge in [0.05, 0.1) is 17.6 Å². The number of rotatable bonds is 4. The van der Waals surface area contributed by atoms with Crippen molar-refractivity contribution in [2.75, 3.05) is 18.0 Å². The second-order valence-electron chi connectivity index (χ2n) is 8.04. The molecule has 0 atom stereocenters. The van der Waals surface area contributed by atoms with Crippen LogP contribution in [0.2, 0.25) is 0 Å². The Kier molecular flexibility index (Phi) is 5.14. The average molecular weight is 458 g/mol. The van der Waals surface area contributed by atoms with E-state index >= 15 is 0 Å². The molecule has 0 unspecified atom stereocenters. The predicted octanol–water partition coefficient (Wildman–Crippen LogP) is 2.56. The number of carbonyl (C=O) groups is 1. The van der Waals surface area contributed by atoms with Gasteiger partial charge in [-0.25, -0.2) is 4.98 Å². The van der Waals surface area contributed by atoms with Crippen LogP contribution >= 0.6 is 0 Å². The van der Waals surface area contributed by atoms with Gasteiger partial charge in [0.2, 0.25) is 5.91 Å². The summed E-state index contributed by atoms with van der Waals surface area (Å²) in [5, 5.41) is 13.8. The standard InChI is InChI=1S/C21H21F3N8O/c1-30-15-5-3-2-4-14(15)26-18(30)12-25-19(33)13-8-10-31(11-9-13)17-7-6-16-27-28-20(21(22,23)24)32(16)29-17/h2-7,13H,8-12H2,1H3,(H,25,33). The zero-order chi connectivity index (χ0) is 23.2. The van der Waals surface area contributed by atoms with Gasteiger partial charge in [0.25, 0.3) is 5.82 Å². The number of anilines is 1. The molecule has 0 bridgehead atoms. The summed E-state index contributed by atoms with van der Waals surface area (Å²) < 4.78 is 42.0. The summed E-state index contributed by atoms with van der Waals surface area (Å²) in [6.07, 6.45) is -3.50. The molecule has 12 heteroatoms. The number of carbonyl (C=O) groups excluding carboxylic acids is 1. The fraction of sp³-hybridized carbons (Fsp3) is 0.381. The van der Waals surface area contributed by atoms with Crippen molar-refractivity contribution >= 4 is 28.4 Å². The number of fused-ring (bicyclic) bond motifs is 2. The molecule has 3 aromatic heterocycles. The number of alkyl halides is 3. The summed E-state index contributed by atoms with van der Waals surface area (Å²) in [4.78, 5) is 19.1. The van der Waals surface area contributed by atoms with Crippen LogP contribution in [-0.4, -0.2) is 48.4 Å². The van der Waals surface area contributed by atoms with Crippen molar-refractivity contribution in [3.05, 3.63) is 48.0 Å². The normalized spacial score (nSPS) is 15.5. The molecule has 0 aliphatic carbocycles. The quantitative estimate of drug-likeness (QED) is 0.505. The van der Waals surface area contributed by atoms with Crippen LogP contribution in [-0.2, 0) is 24.6 Å². The molecular formula is C21H21F3N8O. The molecule has 1 N–H and O–H groups in total. The molecule has 1 saturated heterocycles. The van der Waals surface area contributed by atoms with E-state index in [0.29, 0.717) is 42.8 Å². The van der Waals surface area contributed by atoms with E-state index in [-0.39, 0.29) is 17.5 Å². The van der Waals surface area contributed by atoms with Crippen LogP contribution in [0.4, 0.5) is 19.0 Å². The number of hydrogen-bond donors (Lipinski definition) is 1. The van der Waals surface area contributed by atoms with E-state index in [2.05, 4.69) is 25.6 Å². The first-order chi connectivity index (χ1) is 15.8. The van der Waals surface area contributed by atoms with Gasteiger partial charge in [0.1, 0.15) is 11.6 Å². The number of nitrogens with one attached hydrogen (secondary N) is 1. The molecule has 1 fully saturated rings. The number of imidazole rings is 1. The lowest BCUT2D eigenvalue weighted by Crippen LogP contribution is -2.41. The Morgan fingerprint density at radius 3 is 2.61 bits per heavy atom. The van der Waals surface area contributed by atoms with Gasteiger partial charge >= 0.3 is 6.18 Å². The van der Waals surface area contributed by atoms with Crippen molar-refractivity contribution in [1.82, 2.24) is 34.7 Å². The minimum Gasteiger partial charge on any atom is -0.355 e. The zero-order valence-electron chi connectivity index (χ0n) is 17.7. The number of aryl methyl sites for hydroxylation is 1. The third-order valence-electron chi connectivity index (χ3n) is 5.99. The third-order valence-corrected chi connectivity index (χ3v) is 5.99. The summed E-state index contributed by atoms with van der Waals surface area (Å²) in [5.74, 6) is -0.223. The summed E-state index contributed by atoms with van der Waals surface area (Å²) >= 11 is 0. The summed E-state index contributed by atoms with van der Waals surface area (Å²) in [6, 6.07) is 10.9. The minimum atomic E-state index is -4.64. The highest BCUT2D eigenvalue weighted by molar-refractivity contribution is 5.79. The van der Waals surface area contributed by atoms with Crippen molar-refractivity contribution in [3.8, 4) is 0 Å². The predicted molar refractivity (Wildman–Crippen MR) is 113 cm³/mol. The monoisotopic (exact) mass is 458 g/mol. The molecule has 4 aromatic rings. The van der Waals surface area contributed by atoms with Gasteiger partial charge in [-0.05, 0) is 37.1 Å². The molecule has 1 aliphatic heterocycles. The Balaban J connectivity index is 1.21. The Hall–Kier alpha value is -3.70. The summed E-state index contributed by atoms with van der Waals surface area (Å²) in [7, 11) is 1.92. The highest BCUT2D eigenvalue weighted by Crippen LogP contribution is 2.28. The first-order valence-corrected chi connectivity index (χ1v) is 10.5.